The van der Waals surface area contributed by atoms with Crippen LogP contribution in [0.1, 0.15) is 29.7 Å². The van der Waals surface area contributed by atoms with E-state index in [1.807, 2.05) is 61.5 Å². The smallest absolute Gasteiger partial charge is 0.338 e. The molecule has 31 heavy (non-hydrogen) atoms. The number of aromatic nitrogens is 1. The Morgan fingerprint density at radius 3 is 2.35 bits per heavy atom. The summed E-state index contributed by atoms with van der Waals surface area (Å²) < 4.78 is 12.4. The van der Waals surface area contributed by atoms with Crippen LogP contribution < -0.4 is 19.6 Å². The fourth-order valence-electron chi connectivity index (χ4n) is 3.61. The highest BCUT2D eigenvalue weighted by atomic mass is 32.1. The van der Waals surface area contributed by atoms with Crippen LogP contribution in [0.4, 0.5) is 0 Å². The van der Waals surface area contributed by atoms with Crippen LogP contribution in [0.3, 0.4) is 0 Å². The van der Waals surface area contributed by atoms with E-state index in [4.69, 9.17) is 9.47 Å². The molecule has 3 aromatic rings. The quantitative estimate of drug-likeness (QED) is 0.592. The molecular weight excluding hydrogens is 412 g/mol. The van der Waals surface area contributed by atoms with Gasteiger partial charge in [0.05, 0.1) is 36.1 Å². The van der Waals surface area contributed by atoms with Gasteiger partial charge in [0.15, 0.2) is 4.80 Å². The van der Waals surface area contributed by atoms with Gasteiger partial charge < -0.3 is 9.47 Å². The second kappa shape index (κ2) is 8.35. The van der Waals surface area contributed by atoms with Crippen molar-refractivity contribution < 1.29 is 14.3 Å². The molecule has 0 amide bonds. The van der Waals surface area contributed by atoms with E-state index in [-0.39, 0.29) is 5.56 Å². The number of aryl methyl sites for hydroxylation is 1. The van der Waals surface area contributed by atoms with Crippen LogP contribution in [-0.4, -0.2) is 24.8 Å². The van der Waals surface area contributed by atoms with Crippen molar-refractivity contribution in [3.8, 4) is 5.75 Å². The predicted molar refractivity (Wildman–Crippen MR) is 120 cm³/mol. The zero-order chi connectivity index (χ0) is 22.1. The van der Waals surface area contributed by atoms with Gasteiger partial charge in [-0.2, -0.15) is 0 Å². The summed E-state index contributed by atoms with van der Waals surface area (Å²) in [5.41, 5.74) is 3.55. The van der Waals surface area contributed by atoms with Gasteiger partial charge in [0.2, 0.25) is 0 Å². The Bertz CT molecular complexity index is 1350. The molecule has 0 fully saturated rings. The first kappa shape index (κ1) is 20.8. The number of carbonyl (C=O) groups is 1. The number of allylic oxidation sites excluding steroid dienone is 1. The van der Waals surface area contributed by atoms with Crippen LogP contribution in [0.2, 0.25) is 0 Å². The van der Waals surface area contributed by atoms with Crippen molar-refractivity contribution in [3.63, 3.8) is 0 Å². The van der Waals surface area contributed by atoms with Gasteiger partial charge in [0, 0.05) is 0 Å². The average molecular weight is 435 g/mol. The second-order valence-electron chi connectivity index (χ2n) is 7.26. The minimum atomic E-state index is -0.630. The Morgan fingerprint density at radius 2 is 1.74 bits per heavy atom. The average Bonchev–Trinajstić information content (AvgIpc) is 3.08. The first-order chi connectivity index (χ1) is 14.9. The first-order valence-electron chi connectivity index (χ1n) is 9.74. The number of rotatable bonds is 4. The maximum Gasteiger partial charge on any atom is 0.338 e. The van der Waals surface area contributed by atoms with Gasteiger partial charge in [-0.15, -0.1) is 0 Å². The van der Waals surface area contributed by atoms with Crippen molar-refractivity contribution in [2.75, 3.05) is 14.2 Å². The highest BCUT2D eigenvalue weighted by molar-refractivity contribution is 7.07. The molecule has 1 aliphatic rings. The van der Waals surface area contributed by atoms with Crippen molar-refractivity contribution in [1.29, 1.82) is 0 Å². The monoisotopic (exact) mass is 434 g/mol. The van der Waals surface area contributed by atoms with Crippen LogP contribution >= 0.6 is 11.3 Å². The molecular formula is C24H22N2O4S. The molecule has 1 atom stereocenters. The molecule has 6 nitrogen and oxygen atoms in total. The standard InChI is InChI=1S/C24H22N2O4S/c1-14-5-7-16(8-6-14)13-19-22(27)26-21(17-9-11-18(29-3)12-10-17)20(23(28)30-4)15(2)25-24(26)31-19/h5-13,21H,1-4H3/b19-13+. The van der Waals surface area contributed by atoms with E-state index in [0.29, 0.717) is 26.4 Å². The van der Waals surface area contributed by atoms with Crippen molar-refractivity contribution in [3.05, 3.63) is 96.2 Å². The van der Waals surface area contributed by atoms with E-state index in [0.717, 1.165) is 16.7 Å². The molecule has 1 aliphatic heterocycles. The van der Waals surface area contributed by atoms with Gasteiger partial charge in [-0.3, -0.25) is 9.36 Å². The number of carbonyl (C=O) groups excluding carboxylic acids is 1. The molecule has 7 heteroatoms. The Morgan fingerprint density at radius 1 is 1.06 bits per heavy atom. The Kier molecular flexibility index (Phi) is 5.61. The molecule has 0 spiro atoms. The van der Waals surface area contributed by atoms with Crippen LogP contribution in [0, 0.1) is 6.92 Å². The number of esters is 1. The summed E-state index contributed by atoms with van der Waals surface area (Å²) in [5.74, 6) is 0.186. The van der Waals surface area contributed by atoms with Crippen LogP contribution in [0.5, 0.6) is 5.75 Å². The van der Waals surface area contributed by atoms with E-state index in [9.17, 15) is 9.59 Å². The molecule has 1 aromatic heterocycles. The second-order valence-corrected chi connectivity index (χ2v) is 8.27. The zero-order valence-corrected chi connectivity index (χ0v) is 18.5. The van der Waals surface area contributed by atoms with E-state index in [2.05, 4.69) is 4.99 Å². The summed E-state index contributed by atoms with van der Waals surface area (Å²) in [4.78, 5) is 31.2. The maximum absolute atomic E-state index is 13.4. The summed E-state index contributed by atoms with van der Waals surface area (Å²) in [6.07, 6.45) is 1.85. The summed E-state index contributed by atoms with van der Waals surface area (Å²) in [5, 5.41) is 0. The largest absolute Gasteiger partial charge is 0.497 e. The lowest BCUT2D eigenvalue weighted by molar-refractivity contribution is -0.136. The molecule has 0 saturated carbocycles. The summed E-state index contributed by atoms with van der Waals surface area (Å²) in [6.45, 7) is 3.78. The predicted octanol–water partition coefficient (Wildman–Crippen LogP) is 2.73. The van der Waals surface area contributed by atoms with Crippen molar-refractivity contribution in [2.24, 2.45) is 4.99 Å². The third kappa shape index (κ3) is 3.84. The molecule has 2 aromatic carbocycles. The lowest BCUT2D eigenvalue weighted by atomic mass is 9.96. The molecule has 1 unspecified atom stereocenters. The SMILES string of the molecule is COC(=O)C1=C(C)N=c2s/c(=C/c3ccc(C)cc3)c(=O)n2C1c1ccc(OC)cc1. The third-order valence-corrected chi connectivity index (χ3v) is 6.22. The molecule has 4 rings (SSSR count). The van der Waals surface area contributed by atoms with Crippen LogP contribution in [-0.2, 0) is 9.53 Å². The van der Waals surface area contributed by atoms with Crippen molar-refractivity contribution >= 4 is 23.4 Å². The first-order valence-corrected chi connectivity index (χ1v) is 10.6. The third-order valence-electron chi connectivity index (χ3n) is 5.23. The fraction of sp³-hybridized carbons (Fsp3) is 0.208. The number of ether oxygens (including phenoxy) is 2. The van der Waals surface area contributed by atoms with E-state index in [1.165, 1.54) is 18.4 Å². The summed E-state index contributed by atoms with van der Waals surface area (Å²) in [7, 11) is 2.92. The Hall–Kier alpha value is -3.45. The lowest BCUT2D eigenvalue weighted by Crippen LogP contribution is -2.39. The zero-order valence-electron chi connectivity index (χ0n) is 17.7. The number of thiazole rings is 1. The van der Waals surface area contributed by atoms with Gasteiger partial charge in [0.25, 0.3) is 5.56 Å². The van der Waals surface area contributed by atoms with Gasteiger partial charge in [-0.1, -0.05) is 53.3 Å². The number of methoxy groups -OCH3 is 2. The minimum Gasteiger partial charge on any atom is -0.497 e. The number of benzene rings is 2. The van der Waals surface area contributed by atoms with Crippen molar-refractivity contribution in [2.45, 2.75) is 19.9 Å². The van der Waals surface area contributed by atoms with Gasteiger partial charge in [0.1, 0.15) is 5.75 Å². The highest BCUT2D eigenvalue weighted by Crippen LogP contribution is 2.31. The van der Waals surface area contributed by atoms with Gasteiger partial charge >= 0.3 is 5.97 Å². The Balaban J connectivity index is 1.94. The van der Waals surface area contributed by atoms with Crippen molar-refractivity contribution in [1.82, 2.24) is 4.57 Å². The minimum absolute atomic E-state index is 0.195. The van der Waals surface area contributed by atoms with Crippen LogP contribution in [0.15, 0.2) is 69.6 Å². The Labute approximate surface area is 183 Å². The van der Waals surface area contributed by atoms with E-state index in [1.54, 1.807) is 18.6 Å². The number of hydrogen-bond acceptors (Lipinski definition) is 6. The fourth-order valence-corrected chi connectivity index (χ4v) is 4.65. The van der Waals surface area contributed by atoms with Gasteiger partial charge in [-0.05, 0) is 43.2 Å². The molecule has 0 radical (unpaired) electrons. The molecule has 158 valence electrons. The van der Waals surface area contributed by atoms with Crippen LogP contribution in [0.25, 0.3) is 6.08 Å². The molecule has 0 bridgehead atoms. The number of nitrogens with zero attached hydrogens (tertiary/aromatic N) is 2. The highest BCUT2D eigenvalue weighted by Gasteiger charge is 2.33. The maximum atomic E-state index is 13.4. The topological polar surface area (TPSA) is 69.9 Å². The molecule has 0 aliphatic carbocycles. The molecule has 0 saturated heterocycles. The number of fused-ring (bicyclic) bond motifs is 1. The number of hydrogen-bond donors (Lipinski definition) is 0. The summed E-state index contributed by atoms with van der Waals surface area (Å²) in [6, 6.07) is 14.6. The summed E-state index contributed by atoms with van der Waals surface area (Å²) >= 11 is 1.31. The van der Waals surface area contributed by atoms with E-state index >= 15 is 0 Å². The van der Waals surface area contributed by atoms with E-state index < -0.39 is 12.0 Å². The normalized spacial score (nSPS) is 16.0. The lowest BCUT2D eigenvalue weighted by Gasteiger charge is -2.24. The molecule has 0 N–H and O–H groups in total. The molecule has 2 heterocycles. The van der Waals surface area contributed by atoms with Gasteiger partial charge in [-0.25, -0.2) is 9.79 Å².